The molecule has 1 aromatic heterocycles. The summed E-state index contributed by atoms with van der Waals surface area (Å²) in [6.07, 6.45) is 0. The van der Waals surface area contributed by atoms with E-state index in [9.17, 15) is 10.1 Å². The van der Waals surface area contributed by atoms with Crippen LogP contribution in [0.25, 0.3) is 10.9 Å². The van der Waals surface area contributed by atoms with Crippen molar-refractivity contribution < 1.29 is 9.66 Å². The zero-order valence-corrected chi connectivity index (χ0v) is 20.5. The minimum absolute atomic E-state index is 0.00188. The van der Waals surface area contributed by atoms with Crippen molar-refractivity contribution in [1.29, 1.82) is 0 Å². The Morgan fingerprint density at radius 1 is 1.27 bits per heavy atom. The van der Waals surface area contributed by atoms with Crippen molar-refractivity contribution in [2.45, 2.75) is 11.0 Å². The van der Waals surface area contributed by atoms with Gasteiger partial charge < -0.3 is 15.5 Å². The molecular formula is C23H26BrN5O3S. The molecule has 0 radical (unpaired) electrons. The van der Waals surface area contributed by atoms with Crippen molar-refractivity contribution in [2.24, 2.45) is 10.7 Å². The van der Waals surface area contributed by atoms with Gasteiger partial charge in [-0.2, -0.15) is 11.8 Å². The number of aromatic amines is 1. The summed E-state index contributed by atoms with van der Waals surface area (Å²) in [7, 11) is 0. The van der Waals surface area contributed by atoms with Gasteiger partial charge in [-0.15, -0.1) is 0 Å². The van der Waals surface area contributed by atoms with Crippen molar-refractivity contribution >= 4 is 50.1 Å². The van der Waals surface area contributed by atoms with E-state index in [0.717, 1.165) is 38.6 Å². The second-order valence-electron chi connectivity index (χ2n) is 7.89. The number of nitro benzene ring substituents is 1. The Morgan fingerprint density at radius 3 is 2.76 bits per heavy atom. The fraction of sp³-hybridized carbons (Fsp3) is 0.348. The number of nitro groups is 1. The summed E-state index contributed by atoms with van der Waals surface area (Å²) in [6, 6.07) is 15.5. The minimum Gasteiger partial charge on any atom is -0.382 e. The third kappa shape index (κ3) is 6.35. The molecule has 0 aliphatic carbocycles. The van der Waals surface area contributed by atoms with Gasteiger partial charge in [0.1, 0.15) is 11.4 Å². The van der Waals surface area contributed by atoms with E-state index < -0.39 is 4.92 Å². The van der Waals surface area contributed by atoms with Crippen LogP contribution in [-0.4, -0.2) is 65.3 Å². The number of ether oxygens (including phenoxy) is 1. The van der Waals surface area contributed by atoms with Crippen molar-refractivity contribution in [1.82, 2.24) is 9.88 Å². The Bertz CT molecular complexity index is 1130. The molecule has 1 unspecified atom stereocenters. The van der Waals surface area contributed by atoms with Gasteiger partial charge in [-0.05, 0) is 17.7 Å². The summed E-state index contributed by atoms with van der Waals surface area (Å²) >= 11 is 5.20. The molecule has 4 rings (SSSR count). The average Bonchev–Trinajstić information content (AvgIpc) is 3.25. The summed E-state index contributed by atoms with van der Waals surface area (Å²) in [5.74, 6) is 1.25. The molecule has 1 aliphatic rings. The molecule has 1 aliphatic heterocycles. The number of morpholine rings is 1. The largest absolute Gasteiger partial charge is 0.382 e. The number of H-pyrrole nitrogens is 1. The molecule has 0 saturated carbocycles. The summed E-state index contributed by atoms with van der Waals surface area (Å²) in [5.41, 5.74) is 8.62. The Labute approximate surface area is 204 Å². The van der Waals surface area contributed by atoms with Gasteiger partial charge in [0.15, 0.2) is 0 Å². The first-order chi connectivity index (χ1) is 16.0. The van der Waals surface area contributed by atoms with Gasteiger partial charge in [0.05, 0.1) is 30.4 Å². The third-order valence-electron chi connectivity index (χ3n) is 5.50. The van der Waals surface area contributed by atoms with Crippen molar-refractivity contribution in [2.75, 3.05) is 39.4 Å². The Kier molecular flexibility index (Phi) is 8.02. The third-order valence-corrected chi connectivity index (χ3v) is 7.23. The van der Waals surface area contributed by atoms with Crippen molar-refractivity contribution in [3.8, 4) is 0 Å². The SMILES string of the molecule is NC(=NCC(CN1CCOCC1)SCc1ccccc1)c1cc2cc(Br)cc([N+](=O)[O-])c2[nH]1. The second-order valence-corrected chi connectivity index (χ2v) is 10.1. The van der Waals surface area contributed by atoms with Crippen LogP contribution in [0.3, 0.4) is 0 Å². The van der Waals surface area contributed by atoms with Gasteiger partial charge in [-0.1, -0.05) is 46.3 Å². The molecule has 3 N–H and O–H groups in total. The first-order valence-corrected chi connectivity index (χ1v) is 12.6. The molecule has 0 spiro atoms. The van der Waals surface area contributed by atoms with Crippen LogP contribution in [0, 0.1) is 10.1 Å². The summed E-state index contributed by atoms with van der Waals surface area (Å²) in [5, 5.41) is 12.4. The monoisotopic (exact) mass is 531 g/mol. The van der Waals surface area contributed by atoms with E-state index in [1.807, 2.05) is 23.9 Å². The maximum Gasteiger partial charge on any atom is 0.294 e. The predicted molar refractivity (Wildman–Crippen MR) is 137 cm³/mol. The van der Waals surface area contributed by atoms with Crippen LogP contribution in [0.5, 0.6) is 0 Å². The maximum absolute atomic E-state index is 11.4. The topological polar surface area (TPSA) is 110 Å². The number of nitrogens with two attached hydrogens (primary N) is 1. The molecule has 1 atom stereocenters. The number of nitrogens with one attached hydrogen (secondary N) is 1. The molecule has 2 heterocycles. The van der Waals surface area contributed by atoms with Gasteiger partial charge in [-0.25, -0.2) is 0 Å². The van der Waals surface area contributed by atoms with E-state index in [0.29, 0.717) is 33.4 Å². The maximum atomic E-state index is 11.4. The predicted octanol–water partition coefficient (Wildman–Crippen LogP) is 4.18. The molecule has 0 bridgehead atoms. The Hall–Kier alpha value is -2.40. The molecule has 8 nitrogen and oxygen atoms in total. The lowest BCUT2D eigenvalue weighted by atomic mass is 10.2. The number of hydrogen-bond acceptors (Lipinski definition) is 6. The highest BCUT2D eigenvalue weighted by Gasteiger charge is 2.19. The van der Waals surface area contributed by atoms with Crippen LogP contribution in [-0.2, 0) is 10.5 Å². The highest BCUT2D eigenvalue weighted by Crippen LogP contribution is 2.30. The van der Waals surface area contributed by atoms with Crippen molar-refractivity contribution in [3.05, 3.63) is 74.4 Å². The van der Waals surface area contributed by atoms with E-state index in [4.69, 9.17) is 10.5 Å². The number of thioether (sulfide) groups is 1. The summed E-state index contributed by atoms with van der Waals surface area (Å²) < 4.78 is 6.12. The van der Waals surface area contributed by atoms with Gasteiger partial charge in [0.2, 0.25) is 0 Å². The minimum atomic E-state index is -0.403. The van der Waals surface area contributed by atoms with Crippen LogP contribution < -0.4 is 5.73 Å². The van der Waals surface area contributed by atoms with Crippen LogP contribution in [0.4, 0.5) is 5.69 Å². The van der Waals surface area contributed by atoms with Crippen LogP contribution in [0.15, 0.2) is 58.0 Å². The van der Waals surface area contributed by atoms with Gasteiger partial charge in [-0.3, -0.25) is 20.0 Å². The number of fused-ring (bicyclic) bond motifs is 1. The second kappa shape index (κ2) is 11.1. The van der Waals surface area contributed by atoms with E-state index >= 15 is 0 Å². The molecule has 174 valence electrons. The lowest BCUT2D eigenvalue weighted by molar-refractivity contribution is -0.383. The molecule has 2 aromatic carbocycles. The number of benzene rings is 2. The van der Waals surface area contributed by atoms with E-state index in [1.165, 1.54) is 11.6 Å². The molecule has 0 amide bonds. The zero-order valence-electron chi connectivity index (χ0n) is 18.1. The van der Waals surface area contributed by atoms with Crippen LogP contribution >= 0.6 is 27.7 Å². The number of halogens is 1. The highest BCUT2D eigenvalue weighted by atomic mass is 79.9. The molecule has 33 heavy (non-hydrogen) atoms. The standard InChI is InChI=1S/C23H26BrN5O3S/c24-18-10-17-11-20(27-22(17)21(12-18)29(30)31)23(25)26-13-19(14-28-6-8-32-9-7-28)33-15-16-4-2-1-3-5-16/h1-5,10-12,19,27H,6-9,13-15H2,(H2,25,26). The zero-order chi connectivity index (χ0) is 23.2. The smallest absolute Gasteiger partial charge is 0.294 e. The average molecular weight is 532 g/mol. The first-order valence-electron chi connectivity index (χ1n) is 10.7. The van der Waals surface area contributed by atoms with Gasteiger partial charge >= 0.3 is 0 Å². The number of aliphatic imine (C=N–C) groups is 1. The number of amidine groups is 1. The normalized spacial score (nSPS) is 16.2. The molecular weight excluding hydrogens is 506 g/mol. The van der Waals surface area contributed by atoms with E-state index in [2.05, 4.69) is 55.1 Å². The summed E-state index contributed by atoms with van der Waals surface area (Å²) in [4.78, 5) is 21.2. The number of rotatable bonds is 9. The van der Waals surface area contributed by atoms with E-state index in [-0.39, 0.29) is 10.9 Å². The Balaban J connectivity index is 1.50. The van der Waals surface area contributed by atoms with Gasteiger partial charge in [0.25, 0.3) is 5.69 Å². The highest BCUT2D eigenvalue weighted by molar-refractivity contribution is 9.10. The van der Waals surface area contributed by atoms with Crippen molar-refractivity contribution in [3.63, 3.8) is 0 Å². The number of hydrogen-bond donors (Lipinski definition) is 2. The molecule has 10 heteroatoms. The number of aromatic nitrogens is 1. The van der Waals surface area contributed by atoms with E-state index in [1.54, 1.807) is 6.07 Å². The van der Waals surface area contributed by atoms with Gasteiger partial charge in [0, 0.05) is 46.6 Å². The summed E-state index contributed by atoms with van der Waals surface area (Å²) in [6.45, 7) is 4.81. The fourth-order valence-electron chi connectivity index (χ4n) is 3.78. The number of non-ortho nitro benzene ring substituents is 1. The first kappa shape index (κ1) is 23.7. The molecule has 1 fully saturated rings. The quantitative estimate of drug-likeness (QED) is 0.185. The molecule has 1 saturated heterocycles. The Morgan fingerprint density at radius 2 is 2.03 bits per heavy atom. The lowest BCUT2D eigenvalue weighted by Gasteiger charge is -2.29. The van der Waals surface area contributed by atoms with Crippen LogP contribution in [0.1, 0.15) is 11.3 Å². The van der Waals surface area contributed by atoms with Crippen LogP contribution in [0.2, 0.25) is 0 Å². The number of nitrogens with zero attached hydrogens (tertiary/aromatic N) is 3. The lowest BCUT2D eigenvalue weighted by Crippen LogP contribution is -2.41. The molecule has 3 aromatic rings. The fourth-order valence-corrected chi connectivity index (χ4v) is 5.36.